The van der Waals surface area contributed by atoms with Crippen molar-refractivity contribution in [2.75, 3.05) is 6.61 Å². The summed E-state index contributed by atoms with van der Waals surface area (Å²) in [5, 5.41) is 14.0. The molecule has 1 saturated heterocycles. The van der Waals surface area contributed by atoms with E-state index in [2.05, 4.69) is 21.0 Å². The van der Waals surface area contributed by atoms with E-state index in [1.807, 2.05) is 18.2 Å². The Labute approximate surface area is 163 Å². The van der Waals surface area contributed by atoms with Crippen LogP contribution in [-0.2, 0) is 9.59 Å². The van der Waals surface area contributed by atoms with Gasteiger partial charge in [0.2, 0.25) is 0 Å². The van der Waals surface area contributed by atoms with Crippen molar-refractivity contribution in [1.82, 2.24) is 5.01 Å². The van der Waals surface area contributed by atoms with Gasteiger partial charge in [-0.15, -0.1) is 0 Å². The highest BCUT2D eigenvalue weighted by molar-refractivity contribution is 9.10. The van der Waals surface area contributed by atoms with Gasteiger partial charge < -0.3 is 4.74 Å². The van der Waals surface area contributed by atoms with E-state index in [-0.39, 0.29) is 42.1 Å². The summed E-state index contributed by atoms with van der Waals surface area (Å²) < 4.78 is 5.81. The van der Waals surface area contributed by atoms with Gasteiger partial charge in [0.05, 0.1) is 27.5 Å². The second kappa shape index (κ2) is 6.53. The number of nitrogens with zero attached hydrogens (tertiary/aromatic N) is 3. The number of carbonyl (C=O) groups excluding carboxylic acids is 2. The summed E-state index contributed by atoms with van der Waals surface area (Å²) in [6.45, 7) is -0.123. The Kier molecular flexibility index (Phi) is 4.33. The molecule has 4 atom stereocenters. The molecule has 1 aromatic carbocycles. The van der Waals surface area contributed by atoms with Crippen molar-refractivity contribution < 1.29 is 14.3 Å². The van der Waals surface area contributed by atoms with Gasteiger partial charge in [0.15, 0.2) is 12.4 Å². The zero-order valence-electron chi connectivity index (χ0n) is 13.4. The topological polar surface area (TPSA) is 82.8 Å². The van der Waals surface area contributed by atoms with Crippen LogP contribution in [-0.4, -0.2) is 29.6 Å². The molecule has 2 bridgehead atoms. The van der Waals surface area contributed by atoms with E-state index in [1.54, 1.807) is 12.1 Å². The van der Waals surface area contributed by atoms with Crippen LogP contribution in [0, 0.1) is 35.0 Å². The molecule has 0 spiro atoms. The van der Waals surface area contributed by atoms with Crippen molar-refractivity contribution in [3.63, 3.8) is 0 Å². The number of hydrogen-bond acceptors (Lipinski definition) is 5. The Balaban J connectivity index is 1.55. The number of imide groups is 1. The molecule has 0 N–H and O–H groups in total. The number of carbonyl (C=O) groups is 2. The van der Waals surface area contributed by atoms with Gasteiger partial charge in [-0.1, -0.05) is 23.8 Å². The van der Waals surface area contributed by atoms with E-state index >= 15 is 0 Å². The minimum absolute atomic E-state index is 0.123. The molecule has 26 heavy (non-hydrogen) atoms. The molecule has 1 saturated carbocycles. The molecule has 3 aliphatic rings. The standard InChI is InChI=1S/C18H13BrClN3O3/c19-12-5-9(6-13(20)16(12)26-4-3-21)8-22-23-17(24)14-10-1-2-11(7-10)15(14)18(23)25/h1-2,5-6,8,10-11,14-15H,4,7H2. The number of hydrogen-bond donors (Lipinski definition) is 0. The van der Waals surface area contributed by atoms with Crippen LogP contribution in [0.15, 0.2) is 33.9 Å². The summed E-state index contributed by atoms with van der Waals surface area (Å²) in [7, 11) is 0. The lowest BCUT2D eigenvalue weighted by Gasteiger charge is -2.13. The normalized spacial score (nSPS) is 28.9. The number of allylic oxidation sites excluding steroid dienone is 2. The number of amides is 2. The third kappa shape index (κ3) is 2.65. The quantitative estimate of drug-likeness (QED) is 0.414. The van der Waals surface area contributed by atoms with Crippen molar-refractivity contribution in [3.05, 3.63) is 39.3 Å². The molecule has 6 nitrogen and oxygen atoms in total. The number of halogens is 2. The van der Waals surface area contributed by atoms with Crippen LogP contribution in [0.3, 0.4) is 0 Å². The molecule has 0 aromatic heterocycles. The molecular weight excluding hydrogens is 422 g/mol. The largest absolute Gasteiger partial charge is 0.476 e. The molecular formula is C18H13BrClN3O3. The number of fused-ring (bicyclic) bond motifs is 5. The first-order valence-corrected chi connectivity index (χ1v) is 9.27. The second-order valence-electron chi connectivity index (χ2n) is 6.49. The predicted molar refractivity (Wildman–Crippen MR) is 97.4 cm³/mol. The zero-order valence-corrected chi connectivity index (χ0v) is 15.8. The Bertz CT molecular complexity index is 854. The first-order chi connectivity index (χ1) is 12.5. The van der Waals surface area contributed by atoms with Crippen LogP contribution in [0.5, 0.6) is 5.75 Å². The van der Waals surface area contributed by atoms with Crippen LogP contribution < -0.4 is 4.74 Å². The van der Waals surface area contributed by atoms with E-state index in [9.17, 15) is 9.59 Å². The lowest BCUT2D eigenvalue weighted by atomic mass is 9.85. The van der Waals surface area contributed by atoms with E-state index in [1.165, 1.54) is 6.21 Å². The van der Waals surface area contributed by atoms with E-state index in [0.29, 0.717) is 20.8 Å². The third-order valence-electron chi connectivity index (χ3n) is 5.07. The molecule has 132 valence electrons. The monoisotopic (exact) mass is 433 g/mol. The van der Waals surface area contributed by atoms with Gasteiger partial charge in [-0.25, -0.2) is 0 Å². The average molecular weight is 435 g/mol. The second-order valence-corrected chi connectivity index (χ2v) is 7.75. The first-order valence-electron chi connectivity index (χ1n) is 8.10. The van der Waals surface area contributed by atoms with Gasteiger partial charge in [-0.3, -0.25) is 9.59 Å². The van der Waals surface area contributed by atoms with Crippen molar-refractivity contribution in [1.29, 1.82) is 5.26 Å². The maximum atomic E-state index is 12.6. The zero-order chi connectivity index (χ0) is 18.4. The Morgan fingerprint density at radius 1 is 1.31 bits per heavy atom. The van der Waals surface area contributed by atoms with Crippen LogP contribution in [0.4, 0.5) is 0 Å². The van der Waals surface area contributed by atoms with Crippen molar-refractivity contribution in [2.24, 2.45) is 28.8 Å². The molecule has 1 heterocycles. The molecule has 0 radical (unpaired) electrons. The van der Waals surface area contributed by atoms with Gasteiger partial charge in [-0.05, 0) is 51.9 Å². The maximum absolute atomic E-state index is 12.6. The van der Waals surface area contributed by atoms with Gasteiger partial charge in [0.1, 0.15) is 6.07 Å². The number of benzene rings is 1. The molecule has 4 unspecified atom stereocenters. The number of rotatable bonds is 4. The molecule has 2 fully saturated rings. The van der Waals surface area contributed by atoms with Crippen molar-refractivity contribution >= 4 is 45.6 Å². The highest BCUT2D eigenvalue weighted by atomic mass is 79.9. The summed E-state index contributed by atoms with van der Waals surface area (Å²) >= 11 is 9.50. The van der Waals surface area contributed by atoms with Crippen molar-refractivity contribution in [3.8, 4) is 11.8 Å². The first kappa shape index (κ1) is 17.3. The molecule has 4 rings (SSSR count). The lowest BCUT2D eigenvalue weighted by Crippen LogP contribution is -2.28. The number of nitriles is 1. The predicted octanol–water partition coefficient (Wildman–Crippen LogP) is 3.15. The molecule has 1 aliphatic heterocycles. The maximum Gasteiger partial charge on any atom is 0.254 e. The summed E-state index contributed by atoms with van der Waals surface area (Å²) in [5.41, 5.74) is 0.602. The van der Waals surface area contributed by atoms with Gasteiger partial charge in [-0.2, -0.15) is 15.4 Å². The van der Waals surface area contributed by atoms with E-state index in [0.717, 1.165) is 11.4 Å². The fraction of sp³-hybridized carbons (Fsp3) is 0.333. The van der Waals surface area contributed by atoms with Crippen LogP contribution in [0.2, 0.25) is 5.02 Å². The third-order valence-corrected chi connectivity index (χ3v) is 5.94. The fourth-order valence-corrected chi connectivity index (χ4v) is 5.01. The molecule has 2 aliphatic carbocycles. The van der Waals surface area contributed by atoms with Crippen LogP contribution >= 0.6 is 27.5 Å². The lowest BCUT2D eigenvalue weighted by molar-refractivity contribution is -0.140. The van der Waals surface area contributed by atoms with Gasteiger partial charge >= 0.3 is 0 Å². The summed E-state index contributed by atoms with van der Waals surface area (Å²) in [6.07, 6.45) is 6.40. The van der Waals surface area contributed by atoms with Gasteiger partial charge in [0.25, 0.3) is 11.8 Å². The van der Waals surface area contributed by atoms with E-state index < -0.39 is 0 Å². The highest BCUT2D eigenvalue weighted by Crippen LogP contribution is 2.52. The summed E-state index contributed by atoms with van der Waals surface area (Å²) in [4.78, 5) is 25.2. The summed E-state index contributed by atoms with van der Waals surface area (Å²) in [6, 6.07) is 5.16. The fourth-order valence-electron chi connectivity index (χ4n) is 4.02. The Morgan fingerprint density at radius 3 is 2.54 bits per heavy atom. The van der Waals surface area contributed by atoms with Gasteiger partial charge in [0, 0.05) is 0 Å². The molecule has 2 amide bonds. The average Bonchev–Trinajstić information content (AvgIpc) is 3.27. The highest BCUT2D eigenvalue weighted by Gasteiger charge is 2.59. The van der Waals surface area contributed by atoms with E-state index in [4.69, 9.17) is 21.6 Å². The Hall–Kier alpha value is -2.17. The number of ether oxygens (including phenoxy) is 1. The molecule has 8 heteroatoms. The van der Waals surface area contributed by atoms with Crippen LogP contribution in [0.1, 0.15) is 12.0 Å². The smallest absolute Gasteiger partial charge is 0.254 e. The summed E-state index contributed by atoms with van der Waals surface area (Å²) in [5.74, 6) is -0.336. The minimum atomic E-state index is -0.272. The van der Waals surface area contributed by atoms with Crippen molar-refractivity contribution in [2.45, 2.75) is 6.42 Å². The SMILES string of the molecule is N#CCOc1c(Cl)cc(C=NN2C(=O)C3C4C=CC(C4)C3C2=O)cc1Br. The molecule has 1 aromatic rings. The van der Waals surface area contributed by atoms with Crippen LogP contribution in [0.25, 0.3) is 0 Å². The minimum Gasteiger partial charge on any atom is -0.476 e. The number of hydrazone groups is 1. The Morgan fingerprint density at radius 2 is 1.96 bits per heavy atom.